The Balaban J connectivity index is 2.90. The van der Waals surface area contributed by atoms with E-state index in [2.05, 4.69) is 5.32 Å². The second-order valence-corrected chi connectivity index (χ2v) is 4.09. The third-order valence-corrected chi connectivity index (χ3v) is 2.81. The summed E-state index contributed by atoms with van der Waals surface area (Å²) in [6.45, 7) is 4.82. The lowest BCUT2D eigenvalue weighted by Gasteiger charge is -2.13. The van der Waals surface area contributed by atoms with Gasteiger partial charge in [-0.15, -0.1) is 0 Å². The summed E-state index contributed by atoms with van der Waals surface area (Å²) >= 11 is 0. The van der Waals surface area contributed by atoms with Crippen LogP contribution in [-0.4, -0.2) is 34.7 Å². The summed E-state index contributed by atoms with van der Waals surface area (Å²) in [6.07, 6.45) is -0.0317. The molecule has 0 saturated carbocycles. The lowest BCUT2D eigenvalue weighted by atomic mass is 10.1. The number of nitrogens with one attached hydrogen (secondary N) is 1. The van der Waals surface area contributed by atoms with Crippen LogP contribution in [0, 0.1) is 20.8 Å². The van der Waals surface area contributed by atoms with Gasteiger partial charge in [-0.25, -0.2) is 4.79 Å². The van der Waals surface area contributed by atoms with Crippen molar-refractivity contribution in [3.63, 3.8) is 0 Å². The first-order valence-corrected chi connectivity index (χ1v) is 5.59. The van der Waals surface area contributed by atoms with E-state index in [1.807, 2.05) is 0 Å². The maximum absolute atomic E-state index is 12.0. The molecule has 3 N–H and O–H groups in total. The lowest BCUT2D eigenvalue weighted by molar-refractivity contribution is -0.139. The van der Waals surface area contributed by atoms with Crippen molar-refractivity contribution in [2.75, 3.05) is 6.61 Å². The van der Waals surface area contributed by atoms with Crippen LogP contribution in [0.4, 0.5) is 0 Å². The van der Waals surface area contributed by atoms with Gasteiger partial charge in [0.05, 0.1) is 5.56 Å². The van der Waals surface area contributed by atoms with Gasteiger partial charge in [0, 0.05) is 18.6 Å². The van der Waals surface area contributed by atoms with Gasteiger partial charge in [0.1, 0.15) is 17.6 Å². The molecule has 0 saturated heterocycles. The summed E-state index contributed by atoms with van der Waals surface area (Å²) in [6, 6.07) is -1.10. The van der Waals surface area contributed by atoms with Gasteiger partial charge in [0.25, 0.3) is 5.91 Å². The van der Waals surface area contributed by atoms with E-state index in [0.29, 0.717) is 22.6 Å². The molecular formula is C12H17NO5. The highest BCUT2D eigenvalue weighted by atomic mass is 16.4. The number of furan rings is 1. The van der Waals surface area contributed by atoms with Crippen LogP contribution in [0.1, 0.15) is 33.9 Å². The van der Waals surface area contributed by atoms with Gasteiger partial charge in [-0.05, 0) is 20.8 Å². The maximum Gasteiger partial charge on any atom is 0.326 e. The topological polar surface area (TPSA) is 99.8 Å². The molecule has 18 heavy (non-hydrogen) atoms. The standard InChI is InChI=1S/C12H17NO5/c1-6-7(2)18-8(3)10(6)11(15)13-9(4-5-14)12(16)17/h9,14H,4-5H2,1-3H3,(H,13,15)(H,16,17)/t9-/m1/s1. The molecule has 1 heterocycles. The number of carbonyl (C=O) groups excluding carboxylic acids is 1. The zero-order chi connectivity index (χ0) is 13.9. The van der Waals surface area contributed by atoms with Gasteiger partial charge in [-0.3, -0.25) is 4.79 Å². The van der Waals surface area contributed by atoms with Crippen LogP contribution in [0.2, 0.25) is 0 Å². The smallest absolute Gasteiger partial charge is 0.326 e. The van der Waals surface area contributed by atoms with Crippen LogP contribution in [-0.2, 0) is 4.79 Å². The number of hydrogen-bond donors (Lipinski definition) is 3. The minimum absolute atomic E-state index is 0.0317. The Hall–Kier alpha value is -1.82. The molecule has 1 rings (SSSR count). The summed E-state index contributed by atoms with van der Waals surface area (Å²) in [5.41, 5.74) is 1.05. The van der Waals surface area contributed by atoms with Crippen molar-refractivity contribution in [3.05, 3.63) is 22.6 Å². The Kier molecular flexibility index (Phi) is 4.49. The molecule has 100 valence electrons. The van der Waals surface area contributed by atoms with Gasteiger partial charge in [-0.1, -0.05) is 0 Å². The molecule has 0 fully saturated rings. The lowest BCUT2D eigenvalue weighted by Crippen LogP contribution is -2.41. The van der Waals surface area contributed by atoms with Crippen molar-refractivity contribution < 1.29 is 24.2 Å². The number of aliphatic hydroxyl groups is 1. The van der Waals surface area contributed by atoms with Crippen molar-refractivity contribution in [1.82, 2.24) is 5.32 Å². The third kappa shape index (κ3) is 2.89. The number of aliphatic hydroxyl groups excluding tert-OH is 1. The van der Waals surface area contributed by atoms with E-state index in [9.17, 15) is 9.59 Å². The molecule has 6 heteroatoms. The molecule has 0 aliphatic carbocycles. The molecule has 0 unspecified atom stereocenters. The first kappa shape index (κ1) is 14.2. The fourth-order valence-corrected chi connectivity index (χ4v) is 1.74. The van der Waals surface area contributed by atoms with Gasteiger partial charge < -0.3 is 19.9 Å². The Morgan fingerprint density at radius 3 is 2.28 bits per heavy atom. The molecule has 0 bridgehead atoms. The van der Waals surface area contributed by atoms with Crippen LogP contribution in [0.3, 0.4) is 0 Å². The van der Waals surface area contributed by atoms with E-state index in [1.165, 1.54) is 0 Å². The first-order chi connectivity index (χ1) is 8.38. The number of carboxylic acids is 1. The largest absolute Gasteiger partial charge is 0.480 e. The summed E-state index contributed by atoms with van der Waals surface area (Å²) in [4.78, 5) is 22.9. The van der Waals surface area contributed by atoms with Crippen LogP contribution in [0.15, 0.2) is 4.42 Å². The summed E-state index contributed by atoms with van der Waals surface area (Å²) in [7, 11) is 0. The molecule has 1 aromatic heterocycles. The van der Waals surface area contributed by atoms with E-state index >= 15 is 0 Å². The number of rotatable bonds is 5. The normalized spacial score (nSPS) is 12.2. The Morgan fingerprint density at radius 1 is 1.28 bits per heavy atom. The summed E-state index contributed by atoms with van der Waals surface area (Å²) in [5, 5.41) is 20.0. The Morgan fingerprint density at radius 2 is 1.89 bits per heavy atom. The van der Waals surface area contributed by atoms with E-state index in [4.69, 9.17) is 14.6 Å². The molecule has 0 aliphatic heterocycles. The molecule has 0 radical (unpaired) electrons. The van der Waals surface area contributed by atoms with Crippen LogP contribution < -0.4 is 5.32 Å². The van der Waals surface area contributed by atoms with E-state index in [-0.39, 0.29) is 13.0 Å². The minimum atomic E-state index is -1.17. The zero-order valence-electron chi connectivity index (χ0n) is 10.6. The van der Waals surface area contributed by atoms with Crippen molar-refractivity contribution in [2.24, 2.45) is 0 Å². The van der Waals surface area contributed by atoms with Crippen molar-refractivity contribution >= 4 is 11.9 Å². The minimum Gasteiger partial charge on any atom is -0.480 e. The molecule has 0 aromatic carbocycles. The van der Waals surface area contributed by atoms with Gasteiger partial charge >= 0.3 is 5.97 Å². The summed E-state index contributed by atoms with van der Waals surface area (Å²) in [5.74, 6) is -0.585. The Bertz CT molecular complexity index is 463. The predicted molar refractivity (Wildman–Crippen MR) is 63.5 cm³/mol. The molecule has 1 aromatic rings. The van der Waals surface area contributed by atoms with Crippen molar-refractivity contribution in [2.45, 2.75) is 33.2 Å². The fourth-order valence-electron chi connectivity index (χ4n) is 1.74. The van der Waals surface area contributed by atoms with Crippen LogP contribution in [0.25, 0.3) is 0 Å². The number of amides is 1. The second-order valence-electron chi connectivity index (χ2n) is 4.09. The van der Waals surface area contributed by atoms with Crippen LogP contribution in [0.5, 0.6) is 0 Å². The highest BCUT2D eigenvalue weighted by Crippen LogP contribution is 2.20. The van der Waals surface area contributed by atoms with E-state index in [1.54, 1.807) is 20.8 Å². The van der Waals surface area contributed by atoms with Gasteiger partial charge in [0.15, 0.2) is 0 Å². The average molecular weight is 255 g/mol. The zero-order valence-corrected chi connectivity index (χ0v) is 10.6. The predicted octanol–water partition coefficient (Wildman–Crippen LogP) is 0.770. The van der Waals surface area contributed by atoms with E-state index in [0.717, 1.165) is 0 Å². The molecule has 1 amide bonds. The van der Waals surface area contributed by atoms with Gasteiger partial charge in [0.2, 0.25) is 0 Å². The fraction of sp³-hybridized carbons (Fsp3) is 0.500. The molecular weight excluding hydrogens is 238 g/mol. The quantitative estimate of drug-likeness (QED) is 0.721. The first-order valence-electron chi connectivity index (χ1n) is 5.59. The molecule has 0 aliphatic rings. The number of hydrogen-bond acceptors (Lipinski definition) is 4. The van der Waals surface area contributed by atoms with E-state index < -0.39 is 17.9 Å². The van der Waals surface area contributed by atoms with Crippen molar-refractivity contribution in [3.8, 4) is 0 Å². The van der Waals surface area contributed by atoms with Gasteiger partial charge in [-0.2, -0.15) is 0 Å². The number of carbonyl (C=O) groups is 2. The highest BCUT2D eigenvalue weighted by Gasteiger charge is 2.24. The summed E-state index contributed by atoms with van der Waals surface area (Å²) < 4.78 is 5.31. The maximum atomic E-state index is 12.0. The SMILES string of the molecule is Cc1oc(C)c(C(=O)N[C@H](CCO)C(=O)O)c1C. The number of aryl methyl sites for hydroxylation is 2. The Labute approximate surface area is 105 Å². The third-order valence-electron chi connectivity index (χ3n) is 2.81. The number of aliphatic carboxylic acids is 1. The second kappa shape index (κ2) is 5.68. The highest BCUT2D eigenvalue weighted by molar-refractivity contribution is 5.98. The average Bonchev–Trinajstić information content (AvgIpc) is 2.52. The molecule has 1 atom stereocenters. The monoisotopic (exact) mass is 255 g/mol. The van der Waals surface area contributed by atoms with Crippen molar-refractivity contribution in [1.29, 1.82) is 0 Å². The van der Waals surface area contributed by atoms with Crippen LogP contribution >= 0.6 is 0 Å². The number of carboxylic acid groups (broad SMARTS) is 1. The molecule has 0 spiro atoms. The molecule has 6 nitrogen and oxygen atoms in total.